The van der Waals surface area contributed by atoms with Crippen molar-refractivity contribution in [1.29, 1.82) is 0 Å². The first-order valence-corrected chi connectivity index (χ1v) is 10.1. The van der Waals surface area contributed by atoms with E-state index in [-0.39, 0.29) is 18.7 Å². The molecule has 9 heteroatoms. The monoisotopic (exact) mass is 422 g/mol. The van der Waals surface area contributed by atoms with E-state index in [1.54, 1.807) is 34.7 Å². The number of ether oxygens (including phenoxy) is 4. The number of hydrogen-bond donors (Lipinski definition) is 0. The van der Waals surface area contributed by atoms with Crippen molar-refractivity contribution in [3.05, 3.63) is 60.4 Å². The molecule has 0 bridgehead atoms. The van der Waals surface area contributed by atoms with Crippen molar-refractivity contribution in [3.63, 3.8) is 0 Å². The maximum absolute atomic E-state index is 12.7. The van der Waals surface area contributed by atoms with Gasteiger partial charge in [-0.1, -0.05) is 23.4 Å². The largest absolute Gasteiger partial charge is 0.487 e. The molecule has 1 saturated heterocycles. The number of amides is 1. The molecular weight excluding hydrogens is 400 g/mol. The molecule has 0 N–H and O–H groups in total. The molecule has 1 aromatic heterocycles. The summed E-state index contributed by atoms with van der Waals surface area (Å²) in [4.78, 5) is 14.4. The summed E-state index contributed by atoms with van der Waals surface area (Å²) in [7, 11) is 0. The second-order valence-corrected chi connectivity index (χ2v) is 7.46. The fourth-order valence-electron chi connectivity index (χ4n) is 3.50. The predicted octanol–water partition coefficient (Wildman–Crippen LogP) is 2.44. The molecule has 0 unspecified atom stereocenters. The van der Waals surface area contributed by atoms with E-state index in [2.05, 4.69) is 10.3 Å². The highest BCUT2D eigenvalue weighted by Gasteiger charge is 2.35. The van der Waals surface area contributed by atoms with Crippen molar-refractivity contribution < 1.29 is 23.7 Å². The van der Waals surface area contributed by atoms with Gasteiger partial charge in [0, 0.05) is 19.2 Å². The van der Waals surface area contributed by atoms with Crippen LogP contribution in [0.3, 0.4) is 0 Å². The maximum Gasteiger partial charge on any atom is 0.263 e. The van der Waals surface area contributed by atoms with Crippen LogP contribution in [0.2, 0.25) is 0 Å². The molecule has 1 atom stereocenters. The van der Waals surface area contributed by atoms with Crippen molar-refractivity contribution in [3.8, 4) is 23.0 Å². The van der Waals surface area contributed by atoms with Gasteiger partial charge in [0.15, 0.2) is 17.6 Å². The topological polar surface area (TPSA) is 87.9 Å². The number of carbonyl (C=O) groups is 1. The lowest BCUT2D eigenvalue weighted by Gasteiger charge is -2.40. The second kappa shape index (κ2) is 8.17. The summed E-state index contributed by atoms with van der Waals surface area (Å²) < 4.78 is 23.9. The Morgan fingerprint density at radius 3 is 2.77 bits per heavy atom. The van der Waals surface area contributed by atoms with Crippen molar-refractivity contribution in [2.75, 3.05) is 19.9 Å². The van der Waals surface area contributed by atoms with Crippen LogP contribution >= 0.6 is 0 Å². The van der Waals surface area contributed by atoms with Crippen LogP contribution in [-0.4, -0.2) is 51.8 Å². The maximum atomic E-state index is 12.7. The van der Waals surface area contributed by atoms with Gasteiger partial charge in [-0.05, 0) is 31.2 Å². The summed E-state index contributed by atoms with van der Waals surface area (Å²) in [5.41, 5.74) is 0.744. The van der Waals surface area contributed by atoms with Crippen molar-refractivity contribution >= 4 is 5.91 Å². The van der Waals surface area contributed by atoms with E-state index in [9.17, 15) is 4.79 Å². The van der Waals surface area contributed by atoms with Gasteiger partial charge in [0.1, 0.15) is 23.8 Å². The van der Waals surface area contributed by atoms with Gasteiger partial charge in [-0.15, -0.1) is 5.10 Å². The molecular formula is C22H22N4O5. The number of fused-ring (bicyclic) bond motifs is 1. The molecule has 1 fully saturated rings. The Morgan fingerprint density at radius 1 is 1.13 bits per heavy atom. The minimum atomic E-state index is -0.605. The standard InChI is InChI=1S/C22H22N4O5/c1-15(31-19-7-8-20-21(9-19)30-14-29-20)22(27)25-11-17(12-25)26-10-16(23-24-26)13-28-18-5-3-2-4-6-18/h2-10,15,17H,11-14H2,1H3/t15-/m0/s1. The molecule has 1 amide bonds. The quantitative estimate of drug-likeness (QED) is 0.578. The number of para-hydroxylation sites is 1. The average Bonchev–Trinajstić information content (AvgIpc) is 3.41. The summed E-state index contributed by atoms with van der Waals surface area (Å²) in [6.45, 7) is 3.42. The number of carbonyl (C=O) groups excluding carboxylic acids is 1. The summed E-state index contributed by atoms with van der Waals surface area (Å²) in [6.07, 6.45) is 1.26. The second-order valence-electron chi connectivity index (χ2n) is 7.46. The molecule has 9 nitrogen and oxygen atoms in total. The molecule has 0 spiro atoms. The summed E-state index contributed by atoms with van der Waals surface area (Å²) >= 11 is 0. The van der Waals surface area contributed by atoms with Crippen LogP contribution in [-0.2, 0) is 11.4 Å². The number of aromatic nitrogens is 3. The van der Waals surface area contributed by atoms with Gasteiger partial charge in [0.05, 0.1) is 12.2 Å². The Kier molecular flexibility index (Phi) is 5.07. The van der Waals surface area contributed by atoms with Gasteiger partial charge in [-0.25, -0.2) is 4.68 Å². The first kappa shape index (κ1) is 19.2. The van der Waals surface area contributed by atoms with Gasteiger partial charge in [-0.3, -0.25) is 4.79 Å². The average molecular weight is 422 g/mol. The van der Waals surface area contributed by atoms with Crippen molar-refractivity contribution in [2.45, 2.75) is 25.7 Å². The lowest BCUT2D eigenvalue weighted by atomic mass is 10.1. The SMILES string of the molecule is C[C@H](Oc1ccc2c(c1)OCO2)C(=O)N1CC(n2cc(COc3ccccc3)nn2)C1. The third-order valence-corrected chi connectivity index (χ3v) is 5.24. The van der Waals surface area contributed by atoms with Gasteiger partial charge in [0.2, 0.25) is 6.79 Å². The van der Waals surface area contributed by atoms with Crippen LogP contribution in [0.4, 0.5) is 0 Å². The number of benzene rings is 2. The van der Waals surface area contributed by atoms with E-state index in [0.717, 1.165) is 11.4 Å². The van der Waals surface area contributed by atoms with Crippen LogP contribution in [0, 0.1) is 0 Å². The molecule has 2 aliphatic heterocycles. The Labute approximate surface area is 179 Å². The third-order valence-electron chi connectivity index (χ3n) is 5.24. The Hall–Kier alpha value is -3.75. The molecule has 160 valence electrons. The lowest BCUT2D eigenvalue weighted by molar-refractivity contribution is -0.144. The fourth-order valence-corrected chi connectivity index (χ4v) is 3.50. The minimum absolute atomic E-state index is 0.0679. The normalized spacial score (nSPS) is 16.0. The molecule has 2 aliphatic rings. The molecule has 31 heavy (non-hydrogen) atoms. The highest BCUT2D eigenvalue weighted by atomic mass is 16.7. The van der Waals surface area contributed by atoms with Crippen LogP contribution in [0.1, 0.15) is 18.7 Å². The lowest BCUT2D eigenvalue weighted by Crippen LogP contribution is -2.54. The summed E-state index contributed by atoms with van der Waals surface area (Å²) in [5.74, 6) is 2.59. The van der Waals surface area contributed by atoms with E-state index < -0.39 is 6.10 Å². The Balaban J connectivity index is 1.11. The zero-order chi connectivity index (χ0) is 21.2. The van der Waals surface area contributed by atoms with E-state index in [4.69, 9.17) is 18.9 Å². The van der Waals surface area contributed by atoms with Gasteiger partial charge in [0.25, 0.3) is 5.91 Å². The van der Waals surface area contributed by atoms with E-state index in [1.807, 2.05) is 36.5 Å². The Morgan fingerprint density at radius 2 is 1.94 bits per heavy atom. The van der Waals surface area contributed by atoms with Crippen molar-refractivity contribution in [1.82, 2.24) is 19.9 Å². The highest BCUT2D eigenvalue weighted by molar-refractivity contribution is 5.81. The van der Waals surface area contributed by atoms with E-state index >= 15 is 0 Å². The Bertz CT molecular complexity index is 1060. The molecule has 0 radical (unpaired) electrons. The van der Waals surface area contributed by atoms with Gasteiger partial charge < -0.3 is 23.8 Å². The smallest absolute Gasteiger partial charge is 0.263 e. The zero-order valence-electron chi connectivity index (χ0n) is 17.0. The summed E-state index contributed by atoms with van der Waals surface area (Å²) in [5, 5.41) is 8.34. The van der Waals surface area contributed by atoms with Crippen LogP contribution in [0.15, 0.2) is 54.7 Å². The third kappa shape index (κ3) is 4.11. The number of likely N-dealkylation sites (tertiary alicyclic amines) is 1. The van der Waals surface area contributed by atoms with Crippen LogP contribution in [0.5, 0.6) is 23.0 Å². The molecule has 3 aromatic rings. The van der Waals surface area contributed by atoms with Crippen LogP contribution < -0.4 is 18.9 Å². The van der Waals surface area contributed by atoms with Gasteiger partial charge >= 0.3 is 0 Å². The highest BCUT2D eigenvalue weighted by Crippen LogP contribution is 2.35. The first-order chi connectivity index (χ1) is 15.2. The van der Waals surface area contributed by atoms with E-state index in [0.29, 0.717) is 36.9 Å². The summed E-state index contributed by atoms with van der Waals surface area (Å²) in [6, 6.07) is 14.9. The molecule has 5 rings (SSSR count). The molecule has 2 aromatic carbocycles. The number of hydrogen-bond acceptors (Lipinski definition) is 7. The minimum Gasteiger partial charge on any atom is -0.487 e. The predicted molar refractivity (Wildman–Crippen MR) is 109 cm³/mol. The number of nitrogens with zero attached hydrogens (tertiary/aromatic N) is 4. The molecule has 3 heterocycles. The first-order valence-electron chi connectivity index (χ1n) is 10.1. The van der Waals surface area contributed by atoms with Gasteiger partial charge in [-0.2, -0.15) is 0 Å². The molecule has 0 aliphatic carbocycles. The number of rotatable bonds is 7. The fraction of sp³-hybridized carbons (Fsp3) is 0.318. The zero-order valence-corrected chi connectivity index (χ0v) is 17.0. The van der Waals surface area contributed by atoms with E-state index in [1.165, 1.54) is 0 Å². The molecule has 0 saturated carbocycles. The van der Waals surface area contributed by atoms with Crippen molar-refractivity contribution in [2.24, 2.45) is 0 Å². The van der Waals surface area contributed by atoms with Crippen LogP contribution in [0.25, 0.3) is 0 Å².